The molecule has 1 aromatic rings. The van der Waals surface area contributed by atoms with E-state index >= 15 is 0 Å². The molecule has 1 aliphatic heterocycles. The van der Waals surface area contributed by atoms with Crippen molar-refractivity contribution >= 4 is 21.8 Å². The second kappa shape index (κ2) is 9.72. The molecule has 1 saturated heterocycles. The largest absolute Gasteiger partial charge is 0.356 e. The number of piperazine rings is 1. The van der Waals surface area contributed by atoms with Crippen LogP contribution >= 0.6 is 0 Å². The SMILES string of the molecule is CCS(=O)(=O)N(C)CCCNC(=NC)N1CCN(c2ccccn2)CC1. The van der Waals surface area contributed by atoms with Gasteiger partial charge in [-0.15, -0.1) is 0 Å². The smallest absolute Gasteiger partial charge is 0.213 e. The van der Waals surface area contributed by atoms with Gasteiger partial charge in [-0.1, -0.05) is 6.07 Å². The van der Waals surface area contributed by atoms with Crippen molar-refractivity contribution in [2.45, 2.75) is 13.3 Å². The summed E-state index contributed by atoms with van der Waals surface area (Å²) < 4.78 is 24.9. The zero-order valence-electron chi connectivity index (χ0n) is 15.9. The second-order valence-corrected chi connectivity index (χ2v) is 8.58. The minimum atomic E-state index is -3.10. The van der Waals surface area contributed by atoms with Gasteiger partial charge in [-0.2, -0.15) is 0 Å². The van der Waals surface area contributed by atoms with Crippen LogP contribution in [0.2, 0.25) is 0 Å². The Labute approximate surface area is 157 Å². The highest BCUT2D eigenvalue weighted by molar-refractivity contribution is 7.89. The number of nitrogens with zero attached hydrogens (tertiary/aromatic N) is 5. The van der Waals surface area contributed by atoms with E-state index in [-0.39, 0.29) is 5.75 Å². The van der Waals surface area contributed by atoms with Gasteiger partial charge in [0.25, 0.3) is 0 Å². The van der Waals surface area contributed by atoms with Gasteiger partial charge in [0, 0.05) is 59.6 Å². The minimum absolute atomic E-state index is 0.138. The van der Waals surface area contributed by atoms with Crippen LogP contribution in [0.3, 0.4) is 0 Å². The number of aromatic nitrogens is 1. The summed E-state index contributed by atoms with van der Waals surface area (Å²) in [6.07, 6.45) is 2.56. The van der Waals surface area contributed by atoms with E-state index in [2.05, 4.69) is 25.1 Å². The Hall–Kier alpha value is -1.87. The molecule has 1 N–H and O–H groups in total. The summed E-state index contributed by atoms with van der Waals surface area (Å²) in [5.74, 6) is 2.01. The maximum atomic E-state index is 11.7. The summed E-state index contributed by atoms with van der Waals surface area (Å²) in [4.78, 5) is 13.3. The van der Waals surface area contributed by atoms with Crippen LogP contribution in [-0.4, -0.2) is 87.7 Å². The molecule has 146 valence electrons. The normalized spacial score (nSPS) is 16.2. The molecule has 0 aliphatic carbocycles. The van der Waals surface area contributed by atoms with Gasteiger partial charge in [0.1, 0.15) is 5.82 Å². The van der Waals surface area contributed by atoms with Gasteiger partial charge >= 0.3 is 0 Å². The molecule has 2 heterocycles. The molecule has 0 saturated carbocycles. The first-order valence-electron chi connectivity index (χ1n) is 9.03. The molecule has 0 unspecified atom stereocenters. The van der Waals surface area contributed by atoms with Crippen LogP contribution in [0, 0.1) is 0 Å². The molecule has 0 bridgehead atoms. The van der Waals surface area contributed by atoms with E-state index in [0.29, 0.717) is 13.1 Å². The van der Waals surface area contributed by atoms with Crippen LogP contribution < -0.4 is 10.2 Å². The maximum Gasteiger partial charge on any atom is 0.213 e. The van der Waals surface area contributed by atoms with Crippen LogP contribution in [0.1, 0.15) is 13.3 Å². The molecule has 9 heteroatoms. The van der Waals surface area contributed by atoms with Gasteiger partial charge < -0.3 is 15.1 Å². The minimum Gasteiger partial charge on any atom is -0.356 e. The van der Waals surface area contributed by atoms with E-state index in [9.17, 15) is 8.42 Å². The highest BCUT2D eigenvalue weighted by Gasteiger charge is 2.20. The van der Waals surface area contributed by atoms with Gasteiger partial charge in [-0.05, 0) is 25.5 Å². The number of anilines is 1. The van der Waals surface area contributed by atoms with Crippen molar-refractivity contribution in [2.24, 2.45) is 4.99 Å². The Balaban J connectivity index is 1.75. The fourth-order valence-corrected chi connectivity index (χ4v) is 3.73. The molecule has 0 amide bonds. The highest BCUT2D eigenvalue weighted by Crippen LogP contribution is 2.12. The third kappa shape index (κ3) is 5.57. The lowest BCUT2D eigenvalue weighted by molar-refractivity contribution is 0.370. The first kappa shape index (κ1) is 20.4. The quantitative estimate of drug-likeness (QED) is 0.419. The predicted molar refractivity (Wildman–Crippen MR) is 106 cm³/mol. The summed E-state index contributed by atoms with van der Waals surface area (Å²) in [6, 6.07) is 5.96. The number of hydrogen-bond donors (Lipinski definition) is 1. The molecule has 26 heavy (non-hydrogen) atoms. The van der Waals surface area contributed by atoms with Crippen LogP contribution in [0.5, 0.6) is 0 Å². The van der Waals surface area contributed by atoms with Crippen molar-refractivity contribution in [1.82, 2.24) is 19.5 Å². The van der Waals surface area contributed by atoms with Gasteiger partial charge in [0.2, 0.25) is 10.0 Å². The summed E-state index contributed by atoms with van der Waals surface area (Å²) in [7, 11) is 0.304. The van der Waals surface area contributed by atoms with Crippen molar-refractivity contribution in [3.05, 3.63) is 24.4 Å². The van der Waals surface area contributed by atoms with Crippen molar-refractivity contribution in [1.29, 1.82) is 0 Å². The monoisotopic (exact) mass is 382 g/mol. The van der Waals surface area contributed by atoms with Crippen molar-refractivity contribution in [2.75, 3.05) is 64.0 Å². The lowest BCUT2D eigenvalue weighted by Crippen LogP contribution is -2.53. The molecule has 0 atom stereocenters. The molecule has 1 aliphatic rings. The predicted octanol–water partition coefficient (Wildman–Crippen LogP) is 0.451. The molecular formula is C17H30N6O2S. The van der Waals surface area contributed by atoms with Crippen LogP contribution in [0.25, 0.3) is 0 Å². The lowest BCUT2D eigenvalue weighted by Gasteiger charge is -2.37. The fraction of sp³-hybridized carbons (Fsp3) is 0.647. The zero-order chi connectivity index (χ0) is 19.0. The van der Waals surface area contributed by atoms with E-state index in [0.717, 1.165) is 44.4 Å². The molecule has 0 aromatic carbocycles. The molecule has 0 spiro atoms. The molecule has 8 nitrogen and oxygen atoms in total. The molecule has 2 rings (SSSR count). The number of hydrogen-bond acceptors (Lipinski definition) is 5. The molecule has 0 radical (unpaired) electrons. The van der Waals surface area contributed by atoms with Crippen LogP contribution in [-0.2, 0) is 10.0 Å². The van der Waals surface area contributed by atoms with E-state index < -0.39 is 10.0 Å². The summed E-state index contributed by atoms with van der Waals surface area (Å²) in [5.41, 5.74) is 0. The Morgan fingerprint density at radius 3 is 2.62 bits per heavy atom. The van der Waals surface area contributed by atoms with Crippen LogP contribution in [0.4, 0.5) is 5.82 Å². The Bertz CT molecular complexity index is 672. The first-order chi connectivity index (χ1) is 12.5. The fourth-order valence-electron chi connectivity index (χ4n) is 2.88. The Kier molecular flexibility index (Phi) is 7.65. The van der Waals surface area contributed by atoms with E-state index in [1.165, 1.54) is 4.31 Å². The first-order valence-corrected chi connectivity index (χ1v) is 10.6. The number of aliphatic imine (C=N–C) groups is 1. The number of pyridine rings is 1. The maximum absolute atomic E-state index is 11.7. The Morgan fingerprint density at radius 1 is 1.31 bits per heavy atom. The van der Waals surface area contributed by atoms with Gasteiger partial charge in [-0.25, -0.2) is 17.7 Å². The molecule has 1 fully saturated rings. The summed E-state index contributed by atoms with van der Waals surface area (Å²) in [6.45, 7) is 6.41. The van der Waals surface area contributed by atoms with Crippen molar-refractivity contribution < 1.29 is 8.42 Å². The van der Waals surface area contributed by atoms with Gasteiger partial charge in [-0.3, -0.25) is 4.99 Å². The number of rotatable bonds is 7. The number of nitrogens with one attached hydrogen (secondary N) is 1. The lowest BCUT2D eigenvalue weighted by atomic mass is 10.3. The highest BCUT2D eigenvalue weighted by atomic mass is 32.2. The zero-order valence-corrected chi connectivity index (χ0v) is 16.7. The summed E-state index contributed by atoms with van der Waals surface area (Å²) >= 11 is 0. The van der Waals surface area contributed by atoms with E-state index in [4.69, 9.17) is 0 Å². The Morgan fingerprint density at radius 2 is 2.04 bits per heavy atom. The topological polar surface area (TPSA) is 81.1 Å². The average molecular weight is 383 g/mol. The van der Waals surface area contributed by atoms with Crippen LogP contribution in [0.15, 0.2) is 29.4 Å². The van der Waals surface area contributed by atoms with E-state index in [1.807, 2.05) is 24.4 Å². The molecular weight excluding hydrogens is 352 g/mol. The second-order valence-electron chi connectivity index (χ2n) is 6.21. The summed E-state index contributed by atoms with van der Waals surface area (Å²) in [5, 5.41) is 3.34. The van der Waals surface area contributed by atoms with Gasteiger partial charge in [0.05, 0.1) is 5.75 Å². The van der Waals surface area contributed by atoms with Crippen molar-refractivity contribution in [3.63, 3.8) is 0 Å². The number of sulfonamides is 1. The third-order valence-corrected chi connectivity index (χ3v) is 6.40. The number of guanidine groups is 1. The average Bonchev–Trinajstić information content (AvgIpc) is 2.68. The standard InChI is InChI=1S/C17H30N6O2S/c1-4-26(24,25)21(3)11-7-10-20-17(18-2)23-14-12-22(13-15-23)16-8-5-6-9-19-16/h5-6,8-9H,4,7,10-15H2,1-3H3,(H,18,20). The van der Waals surface area contributed by atoms with Crippen molar-refractivity contribution in [3.8, 4) is 0 Å². The molecule has 1 aromatic heterocycles. The van der Waals surface area contributed by atoms with Gasteiger partial charge in [0.15, 0.2) is 5.96 Å². The third-order valence-electron chi connectivity index (χ3n) is 4.54. The van der Waals surface area contributed by atoms with E-state index in [1.54, 1.807) is 21.0 Å².